The molecule has 0 aliphatic heterocycles. The predicted molar refractivity (Wildman–Crippen MR) is 80.0 cm³/mol. The Morgan fingerprint density at radius 3 is 2.87 bits per heavy atom. The molecule has 0 radical (unpaired) electrons. The maximum absolute atomic E-state index is 12.2. The normalized spacial score (nSPS) is 10.3. The molecular weight excluding hydrogens is 308 g/mol. The Bertz CT molecular complexity index is 553. The van der Waals surface area contributed by atoms with Gasteiger partial charge in [0.25, 0.3) is 6.43 Å². The summed E-state index contributed by atoms with van der Waals surface area (Å²) in [7, 11) is 0. The fourth-order valence-corrected chi connectivity index (χ4v) is 1.73. The summed E-state index contributed by atoms with van der Waals surface area (Å²) in [6.07, 6.45) is -0.0653. The molecule has 0 saturated heterocycles. The second-order valence-corrected chi connectivity index (χ2v) is 4.50. The van der Waals surface area contributed by atoms with Crippen LogP contribution in [0.25, 0.3) is 0 Å². The van der Waals surface area contributed by atoms with Gasteiger partial charge in [-0.25, -0.2) is 13.8 Å². The number of carbonyl (C=O) groups is 2. The van der Waals surface area contributed by atoms with Crippen LogP contribution in [-0.2, 0) is 16.1 Å². The minimum atomic E-state index is -2.61. The van der Waals surface area contributed by atoms with Gasteiger partial charge in [-0.05, 0) is 19.1 Å². The fraction of sp³-hybridized carbons (Fsp3) is 0.400. The van der Waals surface area contributed by atoms with Crippen LogP contribution in [-0.4, -0.2) is 47.8 Å². The van der Waals surface area contributed by atoms with Crippen molar-refractivity contribution in [1.29, 1.82) is 0 Å². The number of halogens is 2. The third kappa shape index (κ3) is 6.41. The third-order valence-corrected chi connectivity index (χ3v) is 2.87. The summed E-state index contributed by atoms with van der Waals surface area (Å²) in [5, 5.41) is 2.60. The Balaban J connectivity index is 2.58. The number of nitrogens with zero attached hydrogens (tertiary/aromatic N) is 2. The van der Waals surface area contributed by atoms with Crippen LogP contribution in [0.15, 0.2) is 31.0 Å². The molecule has 23 heavy (non-hydrogen) atoms. The van der Waals surface area contributed by atoms with Gasteiger partial charge in [0.05, 0.1) is 6.54 Å². The maximum atomic E-state index is 12.2. The maximum Gasteiger partial charge on any atom is 0.272 e. The highest BCUT2D eigenvalue weighted by Crippen LogP contribution is 2.14. The molecule has 1 N–H and O–H groups in total. The Labute approximate surface area is 133 Å². The molecule has 0 bridgehead atoms. The molecule has 0 aromatic carbocycles. The second-order valence-electron chi connectivity index (χ2n) is 4.50. The average molecular weight is 327 g/mol. The van der Waals surface area contributed by atoms with Gasteiger partial charge >= 0.3 is 0 Å². The molecule has 1 rings (SSSR count). The number of amides is 2. The summed E-state index contributed by atoms with van der Waals surface area (Å²) >= 11 is 0. The molecule has 2 amide bonds. The van der Waals surface area contributed by atoms with Gasteiger partial charge in [0, 0.05) is 24.8 Å². The van der Waals surface area contributed by atoms with Crippen LogP contribution in [0, 0.1) is 0 Å². The predicted octanol–water partition coefficient (Wildman–Crippen LogP) is 1.38. The molecule has 1 heterocycles. The van der Waals surface area contributed by atoms with E-state index in [9.17, 15) is 18.4 Å². The first-order valence-electron chi connectivity index (χ1n) is 7.00. The first-order chi connectivity index (χ1) is 11.0. The van der Waals surface area contributed by atoms with Crippen molar-refractivity contribution < 1.29 is 23.1 Å². The molecule has 0 saturated carbocycles. The lowest BCUT2D eigenvalue weighted by molar-refractivity contribution is -0.132. The van der Waals surface area contributed by atoms with E-state index < -0.39 is 13.0 Å². The van der Waals surface area contributed by atoms with Gasteiger partial charge < -0.3 is 15.0 Å². The Morgan fingerprint density at radius 2 is 2.26 bits per heavy atom. The number of aromatic nitrogens is 1. The lowest BCUT2D eigenvalue weighted by Gasteiger charge is -2.18. The highest BCUT2D eigenvalue weighted by atomic mass is 19.3. The van der Waals surface area contributed by atoms with E-state index in [1.54, 1.807) is 19.1 Å². The molecule has 0 unspecified atom stereocenters. The second kappa shape index (κ2) is 9.50. The van der Waals surface area contributed by atoms with Crippen molar-refractivity contribution in [3.63, 3.8) is 0 Å². The number of nitrogens with one attached hydrogen (secondary N) is 1. The molecule has 0 aliphatic rings. The summed E-state index contributed by atoms with van der Waals surface area (Å²) in [5.41, 5.74) is 0.472. The van der Waals surface area contributed by atoms with Crippen molar-refractivity contribution in [3.05, 3.63) is 36.5 Å². The molecule has 0 atom stereocenters. The number of likely N-dealkylation sites (N-methyl/N-ethyl adjacent to an activating group) is 1. The quantitative estimate of drug-likeness (QED) is 0.696. The zero-order chi connectivity index (χ0) is 17.2. The van der Waals surface area contributed by atoms with Crippen LogP contribution >= 0.6 is 0 Å². The van der Waals surface area contributed by atoms with Gasteiger partial charge in [-0.15, -0.1) is 0 Å². The molecule has 0 fully saturated rings. The van der Waals surface area contributed by atoms with Crippen LogP contribution < -0.4 is 10.1 Å². The van der Waals surface area contributed by atoms with Crippen molar-refractivity contribution in [3.8, 4) is 5.88 Å². The number of ether oxygens (including phenoxy) is 1. The molecule has 126 valence electrons. The van der Waals surface area contributed by atoms with Crippen LogP contribution in [0.1, 0.15) is 12.5 Å². The zero-order valence-corrected chi connectivity index (χ0v) is 12.8. The minimum Gasteiger partial charge on any atom is -0.471 e. The van der Waals surface area contributed by atoms with Crippen LogP contribution in [0.3, 0.4) is 0 Å². The number of rotatable bonds is 9. The first kappa shape index (κ1) is 18.5. The Hall–Kier alpha value is -2.51. The fourth-order valence-electron chi connectivity index (χ4n) is 1.73. The van der Waals surface area contributed by atoms with E-state index in [0.29, 0.717) is 12.1 Å². The van der Waals surface area contributed by atoms with E-state index in [1.807, 2.05) is 0 Å². The van der Waals surface area contributed by atoms with E-state index in [-0.39, 0.29) is 30.8 Å². The highest BCUT2D eigenvalue weighted by molar-refractivity contribution is 5.90. The van der Waals surface area contributed by atoms with Crippen molar-refractivity contribution in [2.45, 2.75) is 19.9 Å². The minimum absolute atomic E-state index is 0.0441. The first-order valence-corrected chi connectivity index (χ1v) is 7.00. The van der Waals surface area contributed by atoms with Gasteiger partial charge in [-0.3, -0.25) is 9.59 Å². The van der Waals surface area contributed by atoms with E-state index in [4.69, 9.17) is 4.74 Å². The molecule has 0 spiro atoms. The summed E-state index contributed by atoms with van der Waals surface area (Å²) in [4.78, 5) is 28.5. The number of pyridine rings is 1. The van der Waals surface area contributed by atoms with Gasteiger partial charge in [0.15, 0.2) is 6.61 Å². The molecular formula is C15H19F2N3O3. The molecule has 8 heteroatoms. The molecule has 0 aliphatic carbocycles. The average Bonchev–Trinajstić information content (AvgIpc) is 2.55. The zero-order valence-electron chi connectivity index (χ0n) is 12.8. The number of carbonyl (C=O) groups excluding carboxylic acids is 2. The van der Waals surface area contributed by atoms with Crippen molar-refractivity contribution in [2.24, 2.45) is 0 Å². The van der Waals surface area contributed by atoms with Crippen molar-refractivity contribution in [2.75, 3.05) is 19.7 Å². The van der Waals surface area contributed by atoms with Gasteiger partial charge in [0.1, 0.15) is 0 Å². The van der Waals surface area contributed by atoms with Crippen molar-refractivity contribution >= 4 is 11.8 Å². The van der Waals surface area contributed by atoms with E-state index >= 15 is 0 Å². The standard InChI is InChI=1S/C15H19F2N3O3/c1-3-14(22)20(4-2)9-13(21)19-8-11-6-5-7-18-15(11)23-10-12(16)17/h3,5-7,12H,1,4,8-10H2,2H3,(H,19,21). The molecule has 1 aromatic rings. The van der Waals surface area contributed by atoms with Gasteiger partial charge in [0.2, 0.25) is 17.7 Å². The Morgan fingerprint density at radius 1 is 1.52 bits per heavy atom. The smallest absolute Gasteiger partial charge is 0.272 e. The van der Waals surface area contributed by atoms with Gasteiger partial charge in [-0.2, -0.15) is 0 Å². The monoisotopic (exact) mass is 327 g/mol. The van der Waals surface area contributed by atoms with Crippen LogP contribution in [0.2, 0.25) is 0 Å². The number of alkyl halides is 2. The number of hydrogen-bond donors (Lipinski definition) is 1. The SMILES string of the molecule is C=CC(=O)N(CC)CC(=O)NCc1cccnc1OCC(F)F. The lowest BCUT2D eigenvalue weighted by atomic mass is 10.2. The van der Waals surface area contributed by atoms with Crippen LogP contribution in [0.4, 0.5) is 8.78 Å². The topological polar surface area (TPSA) is 71.5 Å². The van der Waals surface area contributed by atoms with Crippen molar-refractivity contribution in [1.82, 2.24) is 15.2 Å². The summed E-state index contributed by atoms with van der Waals surface area (Å²) in [5.74, 6) is -0.682. The molecule has 6 nitrogen and oxygen atoms in total. The van der Waals surface area contributed by atoms with Gasteiger partial charge in [-0.1, -0.05) is 12.6 Å². The van der Waals surface area contributed by atoms with E-state index in [0.717, 1.165) is 6.08 Å². The van der Waals surface area contributed by atoms with Crippen LogP contribution in [0.5, 0.6) is 5.88 Å². The number of hydrogen-bond acceptors (Lipinski definition) is 4. The Kier molecular flexibility index (Phi) is 7.65. The molecule has 1 aromatic heterocycles. The largest absolute Gasteiger partial charge is 0.471 e. The third-order valence-electron chi connectivity index (χ3n) is 2.87. The summed E-state index contributed by atoms with van der Waals surface area (Å²) in [6.45, 7) is 4.65. The summed E-state index contributed by atoms with van der Waals surface area (Å²) < 4.78 is 29.3. The highest BCUT2D eigenvalue weighted by Gasteiger charge is 2.14. The van der Waals surface area contributed by atoms with E-state index in [2.05, 4.69) is 16.9 Å². The van der Waals surface area contributed by atoms with E-state index in [1.165, 1.54) is 11.1 Å². The lowest BCUT2D eigenvalue weighted by Crippen LogP contribution is -2.39. The summed E-state index contributed by atoms with van der Waals surface area (Å²) in [6, 6.07) is 3.22.